The first kappa shape index (κ1) is 16.3. The van der Waals surface area contributed by atoms with Crippen molar-refractivity contribution in [1.82, 2.24) is 9.97 Å². The van der Waals surface area contributed by atoms with Gasteiger partial charge in [-0.2, -0.15) is 0 Å². The first-order valence-corrected chi connectivity index (χ1v) is 8.31. The predicted octanol–water partition coefficient (Wildman–Crippen LogP) is 4.01. The molecule has 0 bridgehead atoms. The van der Waals surface area contributed by atoms with Crippen molar-refractivity contribution in [2.24, 2.45) is 0 Å². The number of benzene rings is 1. The van der Waals surface area contributed by atoms with Gasteiger partial charge in [-0.25, -0.2) is 9.37 Å². The number of carbonyl (C=O) groups is 2. The standard InChI is InChI=1S/C17H15FN2O3S/c1-3-15(23-9(2)21)14-8-24-17(20-14)16(22)12-7-19-13-6-10(18)4-5-11(12)13/h4-8,15,19H,3H2,1-2H3. The van der Waals surface area contributed by atoms with Gasteiger partial charge in [0.15, 0.2) is 5.01 Å². The van der Waals surface area contributed by atoms with E-state index in [1.165, 1.54) is 30.4 Å². The third-order valence-corrected chi connectivity index (χ3v) is 4.47. The molecule has 0 spiro atoms. The maximum Gasteiger partial charge on any atom is 0.303 e. The van der Waals surface area contributed by atoms with Crippen LogP contribution >= 0.6 is 11.3 Å². The van der Waals surface area contributed by atoms with Crippen molar-refractivity contribution in [3.8, 4) is 0 Å². The van der Waals surface area contributed by atoms with E-state index in [9.17, 15) is 14.0 Å². The summed E-state index contributed by atoms with van der Waals surface area (Å²) in [7, 11) is 0. The van der Waals surface area contributed by atoms with Crippen LogP contribution in [0.3, 0.4) is 0 Å². The Kier molecular flexibility index (Phi) is 4.44. The van der Waals surface area contributed by atoms with Crippen LogP contribution in [0.2, 0.25) is 0 Å². The highest BCUT2D eigenvalue weighted by Gasteiger charge is 2.21. The fourth-order valence-corrected chi connectivity index (χ4v) is 3.30. The summed E-state index contributed by atoms with van der Waals surface area (Å²) in [5, 5.41) is 2.67. The van der Waals surface area contributed by atoms with Crippen LogP contribution in [0.4, 0.5) is 4.39 Å². The van der Waals surface area contributed by atoms with Gasteiger partial charge >= 0.3 is 5.97 Å². The molecule has 0 aliphatic carbocycles. The third kappa shape index (κ3) is 3.07. The molecule has 0 aliphatic rings. The lowest BCUT2D eigenvalue weighted by Gasteiger charge is -2.11. The molecule has 3 rings (SSSR count). The number of nitrogens with zero attached hydrogens (tertiary/aromatic N) is 1. The number of ketones is 1. The Morgan fingerprint density at radius 2 is 2.21 bits per heavy atom. The van der Waals surface area contributed by atoms with E-state index in [0.717, 1.165) is 0 Å². The van der Waals surface area contributed by atoms with Gasteiger partial charge in [-0.05, 0) is 24.6 Å². The molecule has 24 heavy (non-hydrogen) atoms. The van der Waals surface area contributed by atoms with Crippen molar-refractivity contribution in [2.45, 2.75) is 26.4 Å². The lowest BCUT2D eigenvalue weighted by atomic mass is 10.1. The second-order valence-corrected chi connectivity index (χ2v) is 6.16. The third-order valence-electron chi connectivity index (χ3n) is 3.61. The number of esters is 1. The molecule has 0 radical (unpaired) electrons. The highest BCUT2D eigenvalue weighted by atomic mass is 32.1. The van der Waals surface area contributed by atoms with E-state index in [2.05, 4.69) is 9.97 Å². The smallest absolute Gasteiger partial charge is 0.303 e. The SMILES string of the molecule is CCC(OC(C)=O)c1csc(C(=O)c2c[nH]c3cc(F)ccc23)n1. The van der Waals surface area contributed by atoms with Crippen LogP contribution in [0.25, 0.3) is 10.9 Å². The van der Waals surface area contributed by atoms with Gasteiger partial charge < -0.3 is 9.72 Å². The molecule has 1 aromatic carbocycles. The quantitative estimate of drug-likeness (QED) is 0.560. The number of hydrogen-bond donors (Lipinski definition) is 1. The molecule has 0 amide bonds. The van der Waals surface area contributed by atoms with Crippen LogP contribution in [0, 0.1) is 5.82 Å². The molecule has 0 fully saturated rings. The summed E-state index contributed by atoms with van der Waals surface area (Å²) in [6.07, 6.45) is 1.66. The average molecular weight is 346 g/mol. The van der Waals surface area contributed by atoms with E-state index in [1.807, 2.05) is 6.92 Å². The number of hydrogen-bond acceptors (Lipinski definition) is 5. The van der Waals surface area contributed by atoms with Gasteiger partial charge in [0.1, 0.15) is 11.9 Å². The van der Waals surface area contributed by atoms with E-state index >= 15 is 0 Å². The highest BCUT2D eigenvalue weighted by Crippen LogP contribution is 2.27. The predicted molar refractivity (Wildman–Crippen MR) is 88.6 cm³/mol. The topological polar surface area (TPSA) is 72.1 Å². The molecule has 1 atom stereocenters. The van der Waals surface area contributed by atoms with Crippen molar-refractivity contribution in [3.05, 3.63) is 51.9 Å². The summed E-state index contributed by atoms with van der Waals surface area (Å²) >= 11 is 1.20. The normalized spacial score (nSPS) is 12.3. The molecule has 1 N–H and O–H groups in total. The van der Waals surface area contributed by atoms with E-state index in [-0.39, 0.29) is 17.6 Å². The summed E-state index contributed by atoms with van der Waals surface area (Å²) in [4.78, 5) is 31.0. The first-order valence-electron chi connectivity index (χ1n) is 7.43. The van der Waals surface area contributed by atoms with Gasteiger partial charge in [0, 0.05) is 29.4 Å². The maximum absolute atomic E-state index is 13.2. The molecule has 0 saturated heterocycles. The number of thiazole rings is 1. The van der Waals surface area contributed by atoms with Crippen molar-refractivity contribution in [3.63, 3.8) is 0 Å². The molecule has 124 valence electrons. The zero-order valence-electron chi connectivity index (χ0n) is 13.1. The zero-order valence-corrected chi connectivity index (χ0v) is 13.9. The molecule has 1 unspecified atom stereocenters. The summed E-state index contributed by atoms with van der Waals surface area (Å²) in [5.41, 5.74) is 1.56. The average Bonchev–Trinajstić information content (AvgIpc) is 3.18. The summed E-state index contributed by atoms with van der Waals surface area (Å²) < 4.78 is 18.4. The summed E-state index contributed by atoms with van der Waals surface area (Å²) in [6, 6.07) is 4.22. The molecular weight excluding hydrogens is 331 g/mol. The molecule has 0 aliphatic heterocycles. The van der Waals surface area contributed by atoms with Gasteiger partial charge in [-0.3, -0.25) is 9.59 Å². The largest absolute Gasteiger partial charge is 0.456 e. The van der Waals surface area contributed by atoms with Crippen LogP contribution in [-0.4, -0.2) is 21.7 Å². The molecule has 7 heteroatoms. The lowest BCUT2D eigenvalue weighted by Crippen LogP contribution is -2.08. The molecule has 0 saturated carbocycles. The fraction of sp³-hybridized carbons (Fsp3) is 0.235. The Bertz CT molecular complexity index is 916. The van der Waals surface area contributed by atoms with Crippen molar-refractivity contribution in [2.75, 3.05) is 0 Å². The zero-order chi connectivity index (χ0) is 17.3. The van der Waals surface area contributed by atoms with Gasteiger partial charge in [0.25, 0.3) is 0 Å². The maximum atomic E-state index is 13.2. The number of rotatable bonds is 5. The Morgan fingerprint density at radius 1 is 1.42 bits per heavy atom. The van der Waals surface area contributed by atoms with Crippen LogP contribution in [0.1, 0.15) is 47.4 Å². The van der Waals surface area contributed by atoms with Crippen LogP contribution in [0.5, 0.6) is 0 Å². The Hall–Kier alpha value is -2.54. The number of aromatic amines is 1. The second-order valence-electron chi connectivity index (χ2n) is 5.31. The number of aromatic nitrogens is 2. The minimum absolute atomic E-state index is 0.248. The Balaban J connectivity index is 1.91. The van der Waals surface area contributed by atoms with Gasteiger partial charge in [0.2, 0.25) is 5.78 Å². The van der Waals surface area contributed by atoms with E-state index in [4.69, 9.17) is 4.74 Å². The lowest BCUT2D eigenvalue weighted by molar-refractivity contribution is -0.147. The van der Waals surface area contributed by atoms with Crippen LogP contribution in [0.15, 0.2) is 29.8 Å². The van der Waals surface area contributed by atoms with E-state index in [0.29, 0.717) is 33.6 Å². The van der Waals surface area contributed by atoms with Gasteiger partial charge in [-0.15, -0.1) is 11.3 Å². The Labute approximate surface area is 141 Å². The van der Waals surface area contributed by atoms with Gasteiger partial charge in [0.05, 0.1) is 11.3 Å². The van der Waals surface area contributed by atoms with Crippen molar-refractivity contribution in [1.29, 1.82) is 0 Å². The monoisotopic (exact) mass is 346 g/mol. The Morgan fingerprint density at radius 3 is 2.92 bits per heavy atom. The molecule has 2 aromatic heterocycles. The number of halogens is 1. The molecule has 3 aromatic rings. The van der Waals surface area contributed by atoms with Crippen molar-refractivity contribution < 1.29 is 18.7 Å². The second kappa shape index (κ2) is 6.52. The van der Waals surface area contributed by atoms with Crippen LogP contribution < -0.4 is 0 Å². The van der Waals surface area contributed by atoms with Crippen LogP contribution in [-0.2, 0) is 9.53 Å². The van der Waals surface area contributed by atoms with E-state index < -0.39 is 6.10 Å². The first-order chi connectivity index (χ1) is 11.5. The van der Waals surface area contributed by atoms with E-state index in [1.54, 1.807) is 17.6 Å². The number of H-pyrrole nitrogens is 1. The number of ether oxygens (including phenoxy) is 1. The minimum atomic E-state index is -0.461. The molecule has 2 heterocycles. The number of nitrogens with one attached hydrogen (secondary N) is 1. The fourth-order valence-electron chi connectivity index (χ4n) is 2.49. The number of carbonyl (C=O) groups excluding carboxylic acids is 2. The highest BCUT2D eigenvalue weighted by molar-refractivity contribution is 7.12. The molecule has 5 nitrogen and oxygen atoms in total. The van der Waals surface area contributed by atoms with Gasteiger partial charge in [-0.1, -0.05) is 6.92 Å². The van der Waals surface area contributed by atoms with Crippen molar-refractivity contribution >= 4 is 34.0 Å². The minimum Gasteiger partial charge on any atom is -0.456 e. The number of fused-ring (bicyclic) bond motifs is 1. The summed E-state index contributed by atoms with van der Waals surface area (Å²) in [5.74, 6) is -1.00. The summed E-state index contributed by atoms with van der Waals surface area (Å²) in [6.45, 7) is 3.22. The molecular formula is C17H15FN2O3S.